The van der Waals surface area contributed by atoms with Crippen molar-refractivity contribution >= 4 is 23.4 Å². The second-order valence-electron chi connectivity index (χ2n) is 14.1. The van der Waals surface area contributed by atoms with Crippen LogP contribution in [-0.2, 0) is 19.1 Å². The van der Waals surface area contributed by atoms with E-state index in [1.807, 2.05) is 38.1 Å². The summed E-state index contributed by atoms with van der Waals surface area (Å²) in [5, 5.41) is 6.46. The van der Waals surface area contributed by atoms with Crippen LogP contribution in [0, 0.1) is 37.5 Å². The van der Waals surface area contributed by atoms with E-state index in [4.69, 9.17) is 4.74 Å². The van der Waals surface area contributed by atoms with Crippen LogP contribution < -0.4 is 10.6 Å². The number of aryl methyl sites for hydroxylation is 2. The van der Waals surface area contributed by atoms with E-state index in [0.717, 1.165) is 55.6 Å². The minimum absolute atomic E-state index is 0.0708. The Labute approximate surface area is 257 Å². The van der Waals surface area contributed by atoms with Gasteiger partial charge in [0.15, 0.2) is 0 Å². The molecule has 6 rings (SSSR count). The van der Waals surface area contributed by atoms with Gasteiger partial charge in [-0.3, -0.25) is 19.3 Å². The maximum Gasteiger partial charge on any atom is 0.246 e. The molecule has 0 unspecified atom stereocenters. The van der Waals surface area contributed by atoms with Crippen LogP contribution >= 0.6 is 0 Å². The number of hydrogen-bond donors (Lipinski definition) is 2. The first-order valence-corrected chi connectivity index (χ1v) is 16.7. The predicted octanol–water partition coefficient (Wildman–Crippen LogP) is 4.60. The SMILES string of the molecule is CC[C@@H]1CCCCN1CCN1C(=O)[C@@H]2[C@H](C(=O)Nc3cc(C)cc(C)c3)[C@@H]3C=C[C@@]2(O3)[C@@H]1C(=O)N[C@@H]1CCC[C@@H](C)[C@H]1C. The van der Waals surface area contributed by atoms with E-state index in [9.17, 15) is 14.4 Å². The zero-order valence-corrected chi connectivity index (χ0v) is 26.6. The number of nitrogens with zero attached hydrogens (tertiary/aromatic N) is 2. The van der Waals surface area contributed by atoms with Gasteiger partial charge >= 0.3 is 0 Å². The topological polar surface area (TPSA) is 91.0 Å². The number of anilines is 1. The third kappa shape index (κ3) is 5.43. The van der Waals surface area contributed by atoms with Crippen molar-refractivity contribution in [3.05, 3.63) is 41.5 Å². The molecule has 1 aromatic carbocycles. The summed E-state index contributed by atoms with van der Waals surface area (Å²) in [6.07, 6.45) is 11.2. The molecule has 1 spiro atoms. The maximum absolute atomic E-state index is 14.4. The molecule has 1 aromatic rings. The summed E-state index contributed by atoms with van der Waals surface area (Å²) in [5.41, 5.74) is 1.71. The maximum atomic E-state index is 14.4. The summed E-state index contributed by atoms with van der Waals surface area (Å²) in [5.74, 6) is -1.02. The Kier molecular flexibility index (Phi) is 8.46. The fourth-order valence-electron chi connectivity index (χ4n) is 8.88. The number of amides is 3. The van der Waals surface area contributed by atoms with E-state index in [-0.39, 0.29) is 23.8 Å². The number of piperidine rings is 1. The molecule has 5 aliphatic rings. The highest BCUT2D eigenvalue weighted by Crippen LogP contribution is 2.55. The van der Waals surface area contributed by atoms with Crippen molar-refractivity contribution in [2.24, 2.45) is 23.7 Å². The van der Waals surface area contributed by atoms with Crippen molar-refractivity contribution in [2.45, 2.75) is 109 Å². The number of rotatable bonds is 8. The summed E-state index contributed by atoms with van der Waals surface area (Å²) in [7, 11) is 0. The van der Waals surface area contributed by atoms with Crippen LogP contribution in [0.15, 0.2) is 30.4 Å². The molecule has 234 valence electrons. The molecule has 0 radical (unpaired) electrons. The number of fused-ring (bicyclic) bond motifs is 1. The lowest BCUT2D eigenvalue weighted by atomic mass is 9.73. The molecule has 3 saturated heterocycles. The van der Waals surface area contributed by atoms with Gasteiger partial charge in [-0.25, -0.2) is 0 Å². The molecule has 2 bridgehead atoms. The van der Waals surface area contributed by atoms with E-state index in [0.29, 0.717) is 24.4 Å². The van der Waals surface area contributed by atoms with E-state index >= 15 is 0 Å². The fourth-order valence-corrected chi connectivity index (χ4v) is 8.88. The fraction of sp³-hybridized carbons (Fsp3) is 0.686. The number of ether oxygens (including phenoxy) is 1. The lowest BCUT2D eigenvalue weighted by Gasteiger charge is -2.39. The van der Waals surface area contributed by atoms with Crippen LogP contribution in [0.4, 0.5) is 5.69 Å². The van der Waals surface area contributed by atoms with Gasteiger partial charge in [0.2, 0.25) is 17.7 Å². The first-order valence-electron chi connectivity index (χ1n) is 16.7. The van der Waals surface area contributed by atoms with Gasteiger partial charge in [0.05, 0.1) is 17.9 Å². The molecule has 4 fully saturated rings. The van der Waals surface area contributed by atoms with Gasteiger partial charge in [0, 0.05) is 30.9 Å². The van der Waals surface area contributed by atoms with Gasteiger partial charge in [-0.1, -0.05) is 58.3 Å². The Morgan fingerprint density at radius 3 is 2.51 bits per heavy atom. The smallest absolute Gasteiger partial charge is 0.246 e. The Balaban J connectivity index is 1.28. The van der Waals surface area contributed by atoms with Crippen molar-refractivity contribution in [2.75, 3.05) is 25.0 Å². The van der Waals surface area contributed by atoms with Crippen LogP contribution in [0.2, 0.25) is 0 Å². The Morgan fingerprint density at radius 2 is 1.77 bits per heavy atom. The Morgan fingerprint density at radius 1 is 1.00 bits per heavy atom. The molecule has 0 aromatic heterocycles. The molecular formula is C35H50N4O4. The second kappa shape index (κ2) is 12.0. The van der Waals surface area contributed by atoms with Crippen LogP contribution in [0.3, 0.4) is 0 Å². The van der Waals surface area contributed by atoms with Crippen LogP contribution in [0.25, 0.3) is 0 Å². The molecule has 43 heavy (non-hydrogen) atoms. The van der Waals surface area contributed by atoms with Crippen molar-refractivity contribution in [1.29, 1.82) is 0 Å². The molecule has 4 heterocycles. The van der Waals surface area contributed by atoms with Gasteiger partial charge in [-0.2, -0.15) is 0 Å². The van der Waals surface area contributed by atoms with E-state index in [1.165, 1.54) is 19.3 Å². The highest BCUT2D eigenvalue weighted by Gasteiger charge is 2.72. The Hall–Kier alpha value is -2.71. The summed E-state index contributed by atoms with van der Waals surface area (Å²) >= 11 is 0. The van der Waals surface area contributed by atoms with E-state index < -0.39 is 29.6 Å². The first-order chi connectivity index (χ1) is 20.6. The van der Waals surface area contributed by atoms with Crippen molar-refractivity contribution < 1.29 is 19.1 Å². The molecule has 1 saturated carbocycles. The number of benzene rings is 1. The molecule has 3 amide bonds. The number of likely N-dealkylation sites (tertiary alicyclic amines) is 2. The van der Waals surface area contributed by atoms with Gasteiger partial charge in [0.1, 0.15) is 11.6 Å². The van der Waals surface area contributed by atoms with Crippen molar-refractivity contribution in [3.63, 3.8) is 0 Å². The standard InChI is InChI=1S/C35H50N4O4/c1-6-26-11-7-8-15-38(26)16-17-39-31(33(41)37-27-12-9-10-23(4)24(27)5)35-14-13-28(43-35)29(30(35)34(39)42)32(40)36-25-19-21(2)18-22(3)20-25/h13-14,18-20,23-24,26-31H,6-12,15-17H2,1-5H3,(H,36,40)(H,37,41)/t23-,24-,26-,27-,28+,29-,30+,31+,35+/m1/s1. The summed E-state index contributed by atoms with van der Waals surface area (Å²) in [6.45, 7) is 12.9. The minimum atomic E-state index is -1.13. The highest BCUT2D eigenvalue weighted by molar-refractivity contribution is 6.02. The predicted molar refractivity (Wildman–Crippen MR) is 167 cm³/mol. The molecular weight excluding hydrogens is 540 g/mol. The summed E-state index contributed by atoms with van der Waals surface area (Å²) in [4.78, 5) is 46.9. The van der Waals surface area contributed by atoms with Gasteiger partial charge in [-0.15, -0.1) is 0 Å². The lowest BCUT2D eigenvalue weighted by molar-refractivity contribution is -0.142. The van der Waals surface area contributed by atoms with E-state index in [1.54, 1.807) is 4.90 Å². The molecule has 8 heteroatoms. The second-order valence-corrected chi connectivity index (χ2v) is 14.1. The highest BCUT2D eigenvalue weighted by atomic mass is 16.5. The third-order valence-corrected chi connectivity index (χ3v) is 11.3. The zero-order chi connectivity index (χ0) is 30.5. The minimum Gasteiger partial charge on any atom is -0.359 e. The van der Waals surface area contributed by atoms with Crippen molar-refractivity contribution in [1.82, 2.24) is 15.1 Å². The lowest BCUT2D eigenvalue weighted by Crippen LogP contribution is -2.58. The largest absolute Gasteiger partial charge is 0.359 e. The quantitative estimate of drug-likeness (QED) is 0.432. The van der Waals surface area contributed by atoms with Gasteiger partial charge in [-0.05, 0) is 81.2 Å². The molecule has 2 N–H and O–H groups in total. The first kappa shape index (κ1) is 30.3. The van der Waals surface area contributed by atoms with E-state index in [2.05, 4.69) is 42.4 Å². The Bertz CT molecular complexity index is 1260. The molecule has 1 aliphatic carbocycles. The number of hydrogen-bond acceptors (Lipinski definition) is 5. The summed E-state index contributed by atoms with van der Waals surface area (Å²) in [6, 6.07) is 5.73. The van der Waals surface area contributed by atoms with Crippen LogP contribution in [0.5, 0.6) is 0 Å². The number of carbonyl (C=O) groups is 3. The van der Waals surface area contributed by atoms with Crippen LogP contribution in [0.1, 0.15) is 76.8 Å². The van der Waals surface area contributed by atoms with Crippen molar-refractivity contribution in [3.8, 4) is 0 Å². The molecule has 4 aliphatic heterocycles. The zero-order valence-electron chi connectivity index (χ0n) is 26.6. The average molecular weight is 591 g/mol. The third-order valence-electron chi connectivity index (χ3n) is 11.3. The van der Waals surface area contributed by atoms with Gasteiger partial charge < -0.3 is 20.3 Å². The normalized spacial score (nSPS) is 37.0. The number of nitrogens with one attached hydrogen (secondary N) is 2. The number of carbonyl (C=O) groups excluding carboxylic acids is 3. The monoisotopic (exact) mass is 590 g/mol. The molecule has 8 nitrogen and oxygen atoms in total. The summed E-state index contributed by atoms with van der Waals surface area (Å²) < 4.78 is 6.60. The van der Waals surface area contributed by atoms with Gasteiger partial charge in [0.25, 0.3) is 0 Å². The molecule has 9 atom stereocenters. The average Bonchev–Trinajstić information content (AvgIpc) is 3.61. The van der Waals surface area contributed by atoms with Crippen LogP contribution in [-0.4, -0.2) is 77.0 Å².